The number of halogens is 1. The molecule has 0 aliphatic heterocycles. The van der Waals surface area contributed by atoms with Crippen LogP contribution in [0.4, 0.5) is 4.39 Å². The summed E-state index contributed by atoms with van der Waals surface area (Å²) in [4.78, 5) is 0. The molecule has 1 N–H and O–H groups in total. The van der Waals surface area contributed by atoms with Gasteiger partial charge in [0.15, 0.2) is 0 Å². The van der Waals surface area contributed by atoms with Gasteiger partial charge in [-0.1, -0.05) is 6.07 Å². The first-order chi connectivity index (χ1) is 10.1. The summed E-state index contributed by atoms with van der Waals surface area (Å²) in [5, 5.41) is 10.5. The fraction of sp³-hybridized carbons (Fsp3) is 0.250. The molecule has 4 nitrogen and oxygen atoms in total. The molecule has 5 heteroatoms. The van der Waals surface area contributed by atoms with E-state index in [1.165, 1.54) is 33.5 Å². The molecule has 0 spiro atoms. The molecular formula is C16H17FO4. The van der Waals surface area contributed by atoms with Gasteiger partial charge in [0.2, 0.25) is 0 Å². The molecule has 1 atom stereocenters. The van der Waals surface area contributed by atoms with Crippen LogP contribution >= 0.6 is 0 Å². The van der Waals surface area contributed by atoms with Gasteiger partial charge in [-0.05, 0) is 29.8 Å². The highest BCUT2D eigenvalue weighted by Crippen LogP contribution is 2.35. The summed E-state index contributed by atoms with van der Waals surface area (Å²) in [6, 6.07) is 9.32. The average molecular weight is 292 g/mol. The number of rotatable bonds is 5. The van der Waals surface area contributed by atoms with Gasteiger partial charge in [0.25, 0.3) is 0 Å². The van der Waals surface area contributed by atoms with Crippen molar-refractivity contribution in [2.45, 2.75) is 6.10 Å². The van der Waals surface area contributed by atoms with Crippen LogP contribution < -0.4 is 14.2 Å². The third-order valence-corrected chi connectivity index (χ3v) is 3.20. The second-order valence-electron chi connectivity index (χ2n) is 4.40. The zero-order valence-corrected chi connectivity index (χ0v) is 12.1. The average Bonchev–Trinajstić information content (AvgIpc) is 2.53. The van der Waals surface area contributed by atoms with E-state index in [9.17, 15) is 9.50 Å². The van der Waals surface area contributed by atoms with Gasteiger partial charge < -0.3 is 19.3 Å². The second kappa shape index (κ2) is 6.45. The Balaban J connectivity index is 2.51. The second-order valence-corrected chi connectivity index (χ2v) is 4.40. The van der Waals surface area contributed by atoms with E-state index in [0.717, 1.165) is 0 Å². The summed E-state index contributed by atoms with van der Waals surface area (Å²) in [7, 11) is 4.44. The molecule has 0 fully saturated rings. The Labute approximate surface area is 122 Å². The van der Waals surface area contributed by atoms with E-state index in [1.54, 1.807) is 24.3 Å². The summed E-state index contributed by atoms with van der Waals surface area (Å²) in [5.41, 5.74) is 0.532. The molecule has 0 saturated heterocycles. The Hall–Kier alpha value is -2.27. The lowest BCUT2D eigenvalue weighted by Crippen LogP contribution is -2.06. The summed E-state index contributed by atoms with van der Waals surface area (Å²) in [6.45, 7) is 0. The van der Waals surface area contributed by atoms with Gasteiger partial charge in [-0.25, -0.2) is 4.39 Å². The first-order valence-corrected chi connectivity index (χ1v) is 6.34. The highest BCUT2D eigenvalue weighted by atomic mass is 19.1. The van der Waals surface area contributed by atoms with Gasteiger partial charge >= 0.3 is 0 Å². The normalized spacial score (nSPS) is 11.9. The summed E-state index contributed by atoms with van der Waals surface area (Å²) < 4.78 is 29.5. The first kappa shape index (κ1) is 15.1. The molecule has 0 radical (unpaired) electrons. The van der Waals surface area contributed by atoms with Crippen molar-refractivity contribution in [3.05, 3.63) is 53.3 Å². The molecule has 0 amide bonds. The predicted molar refractivity (Wildman–Crippen MR) is 76.6 cm³/mol. The Morgan fingerprint density at radius 3 is 2.10 bits per heavy atom. The van der Waals surface area contributed by atoms with E-state index >= 15 is 0 Å². The highest BCUT2D eigenvalue weighted by Gasteiger charge is 2.21. The van der Waals surface area contributed by atoms with E-state index in [0.29, 0.717) is 17.1 Å². The van der Waals surface area contributed by atoms with Crippen LogP contribution in [0.3, 0.4) is 0 Å². The number of hydrogen-bond donors (Lipinski definition) is 1. The van der Waals surface area contributed by atoms with Crippen molar-refractivity contribution in [3.63, 3.8) is 0 Å². The van der Waals surface area contributed by atoms with Crippen LogP contribution in [0, 0.1) is 5.82 Å². The summed E-state index contributed by atoms with van der Waals surface area (Å²) in [5.74, 6) is 0.769. The lowest BCUT2D eigenvalue weighted by atomic mass is 9.99. The molecular weight excluding hydrogens is 275 g/mol. The number of benzene rings is 2. The van der Waals surface area contributed by atoms with Crippen LogP contribution in [0.25, 0.3) is 0 Å². The Morgan fingerprint density at radius 1 is 0.952 bits per heavy atom. The molecule has 1 unspecified atom stereocenters. The lowest BCUT2D eigenvalue weighted by molar-refractivity contribution is 0.208. The van der Waals surface area contributed by atoms with Gasteiger partial charge in [0, 0.05) is 6.07 Å². The van der Waals surface area contributed by atoms with Crippen LogP contribution in [-0.4, -0.2) is 26.4 Å². The van der Waals surface area contributed by atoms with Crippen LogP contribution in [0.2, 0.25) is 0 Å². The SMILES string of the molecule is COc1cc(OC)cc(C(O)c2c(F)cccc2OC)c1. The molecule has 0 aliphatic rings. The van der Waals surface area contributed by atoms with Crippen LogP contribution in [0.5, 0.6) is 17.2 Å². The van der Waals surface area contributed by atoms with Crippen LogP contribution in [0.15, 0.2) is 36.4 Å². The van der Waals surface area contributed by atoms with E-state index in [2.05, 4.69) is 0 Å². The number of hydrogen-bond acceptors (Lipinski definition) is 4. The minimum Gasteiger partial charge on any atom is -0.497 e. The Kier molecular flexibility index (Phi) is 4.65. The minimum atomic E-state index is -1.19. The van der Waals surface area contributed by atoms with Gasteiger partial charge in [0.05, 0.1) is 26.9 Å². The van der Waals surface area contributed by atoms with Crippen LogP contribution in [-0.2, 0) is 0 Å². The van der Waals surface area contributed by atoms with Gasteiger partial charge in [-0.2, -0.15) is 0 Å². The molecule has 0 aromatic heterocycles. The van der Waals surface area contributed by atoms with Crippen molar-refractivity contribution in [3.8, 4) is 17.2 Å². The molecule has 2 aromatic carbocycles. The predicted octanol–water partition coefficient (Wildman–Crippen LogP) is 2.93. The smallest absolute Gasteiger partial charge is 0.133 e. The molecule has 2 rings (SSSR count). The van der Waals surface area contributed by atoms with Crippen molar-refractivity contribution in [2.24, 2.45) is 0 Å². The van der Waals surface area contributed by atoms with E-state index in [-0.39, 0.29) is 11.3 Å². The molecule has 112 valence electrons. The largest absolute Gasteiger partial charge is 0.497 e. The topological polar surface area (TPSA) is 47.9 Å². The van der Waals surface area contributed by atoms with Crippen molar-refractivity contribution in [1.29, 1.82) is 0 Å². The van der Waals surface area contributed by atoms with E-state index < -0.39 is 11.9 Å². The molecule has 0 saturated carbocycles. The Morgan fingerprint density at radius 2 is 1.57 bits per heavy atom. The minimum absolute atomic E-state index is 0.0790. The molecule has 0 aliphatic carbocycles. The molecule has 2 aromatic rings. The maximum Gasteiger partial charge on any atom is 0.133 e. The fourth-order valence-corrected chi connectivity index (χ4v) is 2.11. The zero-order chi connectivity index (χ0) is 15.4. The number of aliphatic hydroxyl groups is 1. The molecule has 0 heterocycles. The maximum absolute atomic E-state index is 14.0. The summed E-state index contributed by atoms with van der Waals surface area (Å²) in [6.07, 6.45) is -1.19. The molecule has 0 bridgehead atoms. The monoisotopic (exact) mass is 292 g/mol. The first-order valence-electron chi connectivity index (χ1n) is 6.34. The number of methoxy groups -OCH3 is 3. The van der Waals surface area contributed by atoms with Crippen molar-refractivity contribution in [2.75, 3.05) is 21.3 Å². The molecule has 21 heavy (non-hydrogen) atoms. The van der Waals surface area contributed by atoms with Gasteiger partial charge in [-0.15, -0.1) is 0 Å². The summed E-state index contributed by atoms with van der Waals surface area (Å²) >= 11 is 0. The van der Waals surface area contributed by atoms with E-state index in [1.807, 2.05) is 0 Å². The van der Waals surface area contributed by atoms with Crippen molar-refractivity contribution < 1.29 is 23.7 Å². The number of ether oxygens (including phenoxy) is 3. The highest BCUT2D eigenvalue weighted by molar-refractivity contribution is 5.46. The third kappa shape index (κ3) is 3.08. The van der Waals surface area contributed by atoms with Gasteiger partial charge in [-0.3, -0.25) is 0 Å². The standard InChI is InChI=1S/C16H17FO4/c1-19-11-7-10(8-12(9-11)20-2)16(18)15-13(17)5-4-6-14(15)21-3/h4-9,16,18H,1-3H3. The van der Waals surface area contributed by atoms with Crippen molar-refractivity contribution >= 4 is 0 Å². The fourth-order valence-electron chi connectivity index (χ4n) is 2.11. The lowest BCUT2D eigenvalue weighted by Gasteiger charge is -2.17. The van der Waals surface area contributed by atoms with Gasteiger partial charge in [0.1, 0.15) is 29.2 Å². The van der Waals surface area contributed by atoms with E-state index in [4.69, 9.17) is 14.2 Å². The third-order valence-electron chi connectivity index (χ3n) is 3.20. The zero-order valence-electron chi connectivity index (χ0n) is 12.1. The van der Waals surface area contributed by atoms with Crippen LogP contribution in [0.1, 0.15) is 17.2 Å². The van der Waals surface area contributed by atoms with Crippen molar-refractivity contribution in [1.82, 2.24) is 0 Å². The number of aliphatic hydroxyl groups excluding tert-OH is 1. The Bertz CT molecular complexity index is 605. The quantitative estimate of drug-likeness (QED) is 0.920. The maximum atomic E-state index is 14.0.